The number of likely N-dealkylation sites (tertiary alicyclic amines) is 1. The Morgan fingerprint density at radius 1 is 0.872 bits per heavy atom. The average Bonchev–Trinajstić information content (AvgIpc) is 2.88. The highest BCUT2D eigenvalue weighted by atomic mass is 16.6. The van der Waals surface area contributed by atoms with Gasteiger partial charge in [0.05, 0.1) is 5.52 Å². The molecule has 0 radical (unpaired) electrons. The van der Waals surface area contributed by atoms with E-state index >= 15 is 0 Å². The first kappa shape index (κ1) is 28.3. The van der Waals surface area contributed by atoms with E-state index in [0.29, 0.717) is 18.7 Å². The summed E-state index contributed by atoms with van der Waals surface area (Å²) >= 11 is 0. The molecule has 4 rings (SSSR count). The summed E-state index contributed by atoms with van der Waals surface area (Å²) in [4.78, 5) is 34.4. The highest BCUT2D eigenvalue weighted by Gasteiger charge is 2.27. The van der Waals surface area contributed by atoms with Gasteiger partial charge in [-0.3, -0.25) is 9.78 Å². The molecule has 0 spiro atoms. The molecule has 2 amide bonds. The number of ether oxygens (including phenoxy) is 1. The average molecular weight is 528 g/mol. The maximum atomic E-state index is 13.3. The lowest BCUT2D eigenvalue weighted by Gasteiger charge is -2.32. The Labute approximate surface area is 232 Å². The molecule has 2 heterocycles. The number of carbonyl (C=O) groups is 2. The van der Waals surface area contributed by atoms with E-state index in [-0.39, 0.29) is 24.1 Å². The molecule has 0 saturated carbocycles. The number of benzene rings is 2. The molecule has 0 unspecified atom stereocenters. The van der Waals surface area contributed by atoms with E-state index in [0.717, 1.165) is 40.4 Å². The molecule has 0 aliphatic carbocycles. The SMILES string of the molecule is CC(C)N(C(=O)c1ccc(C(=C2CCN(C(=O)OC(C)(C)C)CC2)c2cccc3cccnc23)cc1)C(C)C. The van der Waals surface area contributed by atoms with Crippen LogP contribution in [0.2, 0.25) is 0 Å². The number of nitrogens with zero attached hydrogens (tertiary/aromatic N) is 3. The number of piperidine rings is 1. The maximum Gasteiger partial charge on any atom is 0.410 e. The largest absolute Gasteiger partial charge is 0.444 e. The number of amides is 2. The summed E-state index contributed by atoms with van der Waals surface area (Å²) in [6.45, 7) is 15.1. The van der Waals surface area contributed by atoms with E-state index in [2.05, 4.69) is 36.4 Å². The second-order valence-corrected chi connectivity index (χ2v) is 11.8. The molecule has 1 aliphatic rings. The van der Waals surface area contributed by atoms with E-state index in [4.69, 9.17) is 9.72 Å². The van der Waals surface area contributed by atoms with Crippen LogP contribution in [0.5, 0.6) is 0 Å². The molecular formula is C33H41N3O3. The molecule has 3 aromatic rings. The number of carbonyl (C=O) groups excluding carboxylic acids is 2. The van der Waals surface area contributed by atoms with Crippen LogP contribution in [0.1, 0.15) is 82.8 Å². The van der Waals surface area contributed by atoms with Gasteiger partial charge in [-0.25, -0.2) is 4.79 Å². The molecule has 0 N–H and O–H groups in total. The Morgan fingerprint density at radius 3 is 2.05 bits per heavy atom. The maximum absolute atomic E-state index is 13.3. The minimum Gasteiger partial charge on any atom is -0.444 e. The molecule has 6 nitrogen and oxygen atoms in total. The van der Waals surface area contributed by atoms with Gasteiger partial charge >= 0.3 is 6.09 Å². The summed E-state index contributed by atoms with van der Waals surface area (Å²) in [7, 11) is 0. The predicted octanol–water partition coefficient (Wildman–Crippen LogP) is 7.33. The van der Waals surface area contributed by atoms with Gasteiger partial charge in [-0.05, 0) is 90.6 Å². The smallest absolute Gasteiger partial charge is 0.410 e. The highest BCUT2D eigenvalue weighted by Crippen LogP contribution is 2.36. The van der Waals surface area contributed by atoms with Crippen LogP contribution < -0.4 is 0 Å². The van der Waals surface area contributed by atoms with Crippen molar-refractivity contribution in [1.82, 2.24) is 14.8 Å². The van der Waals surface area contributed by atoms with Gasteiger partial charge < -0.3 is 14.5 Å². The van der Waals surface area contributed by atoms with Crippen molar-refractivity contribution in [2.24, 2.45) is 0 Å². The number of hydrogen-bond donors (Lipinski definition) is 0. The molecule has 1 fully saturated rings. The minimum atomic E-state index is -0.521. The normalized spacial score (nSPS) is 14.2. The van der Waals surface area contributed by atoms with Gasteiger partial charge in [0.25, 0.3) is 5.91 Å². The second kappa shape index (κ2) is 11.6. The molecule has 1 aliphatic heterocycles. The zero-order valence-corrected chi connectivity index (χ0v) is 24.3. The van der Waals surface area contributed by atoms with E-state index in [9.17, 15) is 9.59 Å². The van der Waals surface area contributed by atoms with Crippen LogP contribution in [0, 0.1) is 0 Å². The van der Waals surface area contributed by atoms with Gasteiger partial charge in [0.1, 0.15) is 5.60 Å². The second-order valence-electron chi connectivity index (χ2n) is 11.8. The molecule has 0 bridgehead atoms. The lowest BCUT2D eigenvalue weighted by Crippen LogP contribution is -2.42. The van der Waals surface area contributed by atoms with Crippen molar-refractivity contribution in [3.05, 3.63) is 83.1 Å². The van der Waals surface area contributed by atoms with Crippen molar-refractivity contribution in [2.75, 3.05) is 13.1 Å². The van der Waals surface area contributed by atoms with Crippen LogP contribution >= 0.6 is 0 Å². The molecule has 0 atom stereocenters. The van der Waals surface area contributed by atoms with E-state index in [1.165, 1.54) is 5.57 Å². The van der Waals surface area contributed by atoms with Gasteiger partial charge in [0.2, 0.25) is 0 Å². The fourth-order valence-corrected chi connectivity index (χ4v) is 5.39. The fourth-order valence-electron chi connectivity index (χ4n) is 5.39. The standard InChI is InChI=1S/C33H41N3O3/c1-22(2)36(23(3)4)31(37)27-15-13-24(14-16-27)29(28-12-8-10-26-11-9-19-34-30(26)28)25-17-20-35(21-18-25)32(38)39-33(5,6)7/h8-16,19,22-23H,17-18,20-21H2,1-7H3. The predicted molar refractivity (Wildman–Crippen MR) is 158 cm³/mol. The summed E-state index contributed by atoms with van der Waals surface area (Å²) in [6.07, 6.45) is 3.05. The number of rotatable bonds is 5. The highest BCUT2D eigenvalue weighted by molar-refractivity contribution is 5.98. The first-order valence-corrected chi connectivity index (χ1v) is 13.9. The van der Waals surface area contributed by atoms with Crippen molar-refractivity contribution >= 4 is 28.5 Å². The quantitative estimate of drug-likeness (QED) is 0.349. The van der Waals surface area contributed by atoms with E-state index in [1.54, 1.807) is 4.90 Å². The molecule has 6 heteroatoms. The summed E-state index contributed by atoms with van der Waals surface area (Å²) in [5.74, 6) is 0.0400. The summed E-state index contributed by atoms with van der Waals surface area (Å²) in [6, 6.07) is 18.5. The fraction of sp³-hybridized carbons (Fsp3) is 0.424. The Bertz CT molecular complexity index is 1340. The lowest BCUT2D eigenvalue weighted by atomic mass is 9.87. The summed E-state index contributed by atoms with van der Waals surface area (Å²) in [5.41, 5.74) is 5.63. The minimum absolute atomic E-state index is 0.0400. The van der Waals surface area contributed by atoms with Crippen molar-refractivity contribution in [2.45, 2.75) is 79.0 Å². The van der Waals surface area contributed by atoms with Crippen molar-refractivity contribution < 1.29 is 14.3 Å². The van der Waals surface area contributed by atoms with Crippen LogP contribution in [-0.2, 0) is 4.74 Å². The molecule has 1 aromatic heterocycles. The van der Waals surface area contributed by atoms with Crippen molar-refractivity contribution in [3.8, 4) is 0 Å². The lowest BCUT2D eigenvalue weighted by molar-refractivity contribution is 0.0236. The third-order valence-corrected chi connectivity index (χ3v) is 7.04. The number of hydrogen-bond acceptors (Lipinski definition) is 4. The number of aromatic nitrogens is 1. The Kier molecular flexibility index (Phi) is 8.43. The van der Waals surface area contributed by atoms with Crippen LogP contribution in [-0.4, -0.2) is 57.6 Å². The molecule has 2 aromatic carbocycles. The van der Waals surface area contributed by atoms with Gasteiger partial charge in [-0.15, -0.1) is 0 Å². The van der Waals surface area contributed by atoms with E-state index in [1.807, 2.05) is 77.8 Å². The van der Waals surface area contributed by atoms with Gasteiger partial charge in [-0.1, -0.05) is 42.0 Å². The summed E-state index contributed by atoms with van der Waals surface area (Å²) < 4.78 is 5.61. The number of para-hydroxylation sites is 1. The molecular weight excluding hydrogens is 486 g/mol. The van der Waals surface area contributed by atoms with Crippen LogP contribution in [0.3, 0.4) is 0 Å². The van der Waals surface area contributed by atoms with Crippen molar-refractivity contribution in [1.29, 1.82) is 0 Å². The number of pyridine rings is 1. The first-order valence-electron chi connectivity index (χ1n) is 13.9. The summed E-state index contributed by atoms with van der Waals surface area (Å²) in [5, 5.41) is 1.08. The Morgan fingerprint density at radius 2 is 1.46 bits per heavy atom. The topological polar surface area (TPSA) is 62.7 Å². The number of fused-ring (bicyclic) bond motifs is 1. The van der Waals surface area contributed by atoms with Gasteiger partial charge in [-0.2, -0.15) is 0 Å². The van der Waals surface area contributed by atoms with E-state index < -0.39 is 5.60 Å². The Hall–Kier alpha value is -3.67. The molecule has 39 heavy (non-hydrogen) atoms. The van der Waals surface area contributed by atoms with Gasteiger partial charge in [0, 0.05) is 47.9 Å². The third kappa shape index (κ3) is 6.49. The molecule has 1 saturated heterocycles. The zero-order chi connectivity index (χ0) is 28.3. The van der Waals surface area contributed by atoms with Gasteiger partial charge in [0.15, 0.2) is 0 Å². The van der Waals surface area contributed by atoms with Crippen molar-refractivity contribution in [3.63, 3.8) is 0 Å². The first-order chi connectivity index (χ1) is 18.5. The van der Waals surface area contributed by atoms with Crippen LogP contribution in [0.15, 0.2) is 66.4 Å². The molecule has 206 valence electrons. The Balaban J connectivity index is 1.73. The van der Waals surface area contributed by atoms with Crippen LogP contribution in [0.25, 0.3) is 16.5 Å². The van der Waals surface area contributed by atoms with Crippen LogP contribution in [0.4, 0.5) is 4.79 Å². The zero-order valence-electron chi connectivity index (χ0n) is 24.3. The monoisotopic (exact) mass is 527 g/mol. The third-order valence-electron chi connectivity index (χ3n) is 7.04.